The maximum absolute atomic E-state index is 13.1. The number of nitrogens with one attached hydrogen (secondary N) is 7. The molecule has 1 aromatic rings. The number of thioether (sulfide) groups is 1. The van der Waals surface area contributed by atoms with E-state index >= 15 is 0 Å². The molecule has 0 radical (unpaired) electrons. The molecule has 20 heteroatoms. The maximum Gasteiger partial charge on any atom is 0.248 e. The molecule has 332 valence electrons. The average molecular weight is 884 g/mol. The number of aromatic nitrogens is 1. The minimum absolute atomic E-state index is 0.00875. The van der Waals surface area contributed by atoms with E-state index in [4.69, 9.17) is 0 Å². The van der Waals surface area contributed by atoms with Crippen LogP contribution in [0.2, 0.25) is 0 Å². The monoisotopic (exact) mass is 883 g/mol. The van der Waals surface area contributed by atoms with Crippen LogP contribution < -0.4 is 35.4 Å². The lowest BCUT2D eigenvalue weighted by molar-refractivity contribution is -0.139. The normalized spacial score (nSPS) is 21.5. The van der Waals surface area contributed by atoms with Crippen molar-refractivity contribution in [1.29, 1.82) is 0 Å². The molecule has 1 aromatic heterocycles. The van der Waals surface area contributed by atoms with Gasteiger partial charge in [0.1, 0.15) is 12.1 Å². The van der Waals surface area contributed by atoms with Crippen LogP contribution in [0.5, 0.6) is 0 Å². The molecule has 4 rings (SSSR count). The number of fused-ring (bicyclic) bond motifs is 2. The van der Waals surface area contributed by atoms with Crippen LogP contribution in [0.1, 0.15) is 114 Å². The van der Waals surface area contributed by atoms with Crippen LogP contribution >= 0.6 is 22.8 Å². The number of carbonyl (C=O) groups is 6. The molecule has 3 aliphatic heterocycles. The van der Waals surface area contributed by atoms with E-state index < -0.39 is 34.4 Å². The van der Waals surface area contributed by atoms with Crippen LogP contribution in [0.25, 0.3) is 0 Å². The highest BCUT2D eigenvalue weighted by atomic mass is 32.3. The lowest BCUT2D eigenvalue weighted by Crippen LogP contribution is -2.51. The first-order chi connectivity index (χ1) is 28.6. The minimum atomic E-state index is -1.19. The van der Waals surface area contributed by atoms with Crippen LogP contribution in [0.15, 0.2) is 24.5 Å². The Kier molecular flexibility index (Phi) is 22.6. The Morgan fingerprint density at radius 3 is 1.88 bits per heavy atom. The Bertz CT molecular complexity index is 1530. The van der Waals surface area contributed by atoms with E-state index in [1.165, 1.54) is 12.4 Å². The molecule has 3 fully saturated rings. The number of hydrogen-bond acceptors (Lipinski definition) is 10. The second-order valence-electron chi connectivity index (χ2n) is 15.2. The van der Waals surface area contributed by atoms with Gasteiger partial charge in [0.15, 0.2) is 11.2 Å². The fourth-order valence-electron chi connectivity index (χ4n) is 7.03. The first kappa shape index (κ1) is 48.4. The lowest BCUT2D eigenvalue weighted by Gasteiger charge is -2.42. The molecule has 3 saturated heterocycles. The summed E-state index contributed by atoms with van der Waals surface area (Å²) in [5.74, 6) is 1.05. The Labute approximate surface area is 357 Å². The lowest BCUT2D eigenvalue weighted by atomic mass is 10.0. The molecule has 0 aliphatic carbocycles. The van der Waals surface area contributed by atoms with Crippen molar-refractivity contribution < 1.29 is 38.1 Å². The first-order valence-electron chi connectivity index (χ1n) is 21.1. The van der Waals surface area contributed by atoms with Gasteiger partial charge in [0.05, 0.1) is 0 Å². The molecule has 17 nitrogen and oxygen atoms in total. The fourth-order valence-corrected chi connectivity index (χ4v) is 13.8. The number of unbranched alkanes of at least 4 members (excludes halogenated alkanes) is 3. The van der Waals surface area contributed by atoms with Gasteiger partial charge in [-0.3, -0.25) is 33.8 Å². The Balaban J connectivity index is 0.915. The largest absolute Gasteiger partial charge is 0.386 e. The van der Waals surface area contributed by atoms with E-state index in [0.29, 0.717) is 107 Å². The average Bonchev–Trinajstić information content (AvgIpc) is 3.78. The Morgan fingerprint density at radius 2 is 1.29 bits per heavy atom. The van der Waals surface area contributed by atoms with Gasteiger partial charge in [-0.05, 0) is 75.5 Å². The highest BCUT2D eigenvalue weighted by molar-refractivity contribution is 8.30. The van der Waals surface area contributed by atoms with E-state index in [1.54, 1.807) is 17.0 Å². The topological polar surface area (TPSA) is 240 Å². The summed E-state index contributed by atoms with van der Waals surface area (Å²) < 4.78 is 18.6. The van der Waals surface area contributed by atoms with Crippen molar-refractivity contribution in [3.63, 3.8) is 0 Å². The zero-order valence-electron chi connectivity index (χ0n) is 34.1. The second kappa shape index (κ2) is 27.5. The summed E-state index contributed by atoms with van der Waals surface area (Å²) >= 11 is 0.371. The fraction of sp³-hybridized carbons (Fsp3) is 0.718. The smallest absolute Gasteiger partial charge is 0.248 e. The highest BCUT2D eigenvalue weighted by Gasteiger charge is 2.35. The molecule has 2 bridgehead atoms. The summed E-state index contributed by atoms with van der Waals surface area (Å²) in [7, 11) is 0. The molecule has 6 atom stereocenters. The second-order valence-corrected chi connectivity index (χ2v) is 20.2. The van der Waals surface area contributed by atoms with E-state index in [1.807, 2.05) is 11.8 Å². The van der Waals surface area contributed by atoms with Gasteiger partial charge in [-0.15, -0.1) is 11.8 Å². The molecule has 3 unspecified atom stereocenters. The third-order valence-corrected chi connectivity index (χ3v) is 16.7. The number of thiol groups is 1. The molecule has 4 heterocycles. The van der Waals surface area contributed by atoms with Gasteiger partial charge in [0.2, 0.25) is 35.4 Å². The van der Waals surface area contributed by atoms with E-state index in [-0.39, 0.29) is 54.7 Å². The van der Waals surface area contributed by atoms with Crippen molar-refractivity contribution in [1.82, 2.24) is 45.3 Å². The first-order valence-corrected chi connectivity index (χ1v) is 24.9. The zero-order chi connectivity index (χ0) is 42.2. The summed E-state index contributed by atoms with van der Waals surface area (Å²) in [6.07, 6.45) is 11.4. The predicted octanol–water partition coefficient (Wildman–Crippen LogP) is 1.28. The number of aliphatic hydroxyl groups is 1. The van der Waals surface area contributed by atoms with Crippen molar-refractivity contribution in [2.75, 3.05) is 50.8 Å². The number of pyridine rings is 1. The summed E-state index contributed by atoms with van der Waals surface area (Å²) in [6.45, 7) is 2.87. The highest BCUT2D eigenvalue weighted by Crippen LogP contribution is 2.45. The van der Waals surface area contributed by atoms with E-state index in [2.05, 4.69) is 40.4 Å². The van der Waals surface area contributed by atoms with Gasteiger partial charge < -0.3 is 36.6 Å². The number of aliphatic hydroxyl groups excluding tert-OH is 1. The predicted molar refractivity (Wildman–Crippen MR) is 232 cm³/mol. The van der Waals surface area contributed by atoms with Gasteiger partial charge in [0.25, 0.3) is 0 Å². The van der Waals surface area contributed by atoms with Crippen LogP contribution in [0.4, 0.5) is 0 Å². The van der Waals surface area contributed by atoms with Gasteiger partial charge in [-0.2, -0.15) is 15.2 Å². The summed E-state index contributed by atoms with van der Waals surface area (Å²) in [5.41, 5.74) is 0.509. The van der Waals surface area contributed by atoms with Crippen molar-refractivity contribution in [2.45, 2.75) is 126 Å². The van der Waals surface area contributed by atoms with Crippen LogP contribution in [-0.2, 0) is 39.9 Å². The quantitative estimate of drug-likeness (QED) is 0.0453. The van der Waals surface area contributed by atoms with Crippen LogP contribution in [-0.4, -0.2) is 122 Å². The molecule has 59 heavy (non-hydrogen) atoms. The van der Waals surface area contributed by atoms with E-state index in [0.717, 1.165) is 43.6 Å². The van der Waals surface area contributed by atoms with Gasteiger partial charge in [-0.1, -0.05) is 12.8 Å². The van der Waals surface area contributed by atoms with Gasteiger partial charge >= 0.3 is 0 Å². The molecule has 6 amide bonds. The summed E-state index contributed by atoms with van der Waals surface area (Å²) in [4.78, 5) is 80.3. The zero-order valence-corrected chi connectivity index (χ0v) is 36.6. The molecule has 0 saturated carbocycles. The molecule has 0 spiro atoms. The van der Waals surface area contributed by atoms with Gasteiger partial charge in [-0.25, -0.2) is 8.93 Å². The standard InChI is InChI=1S/C39H65N9O8S3/c49-31(11-3-4-16-36-57-27-30-28-58(36)47-59(56)46-30)42-20-9-14-33(51)44-22-10-15-34(52)43-21-8-13-32(50)41-19-5-1-2-12-35(53)45-37(39(55)48-25-6-7-26-48)38(54)29-17-23-40-24-18-29/h17-18,23-24,30,36-38,46-47,54,58H,1-16,19-22,25-28H2,(H,41,50)(H,42,49)(H,43,52)(H,44,51)(H,45,53)/t30?,36-,37-,38+,59?/m1/s1. The molecule has 8 N–H and O–H groups in total. The van der Waals surface area contributed by atoms with Crippen molar-refractivity contribution in [3.05, 3.63) is 30.1 Å². The number of likely N-dealkylation sites (tertiary alicyclic amines) is 1. The third kappa shape index (κ3) is 18.9. The molecule has 0 aromatic carbocycles. The van der Waals surface area contributed by atoms with Crippen molar-refractivity contribution >= 4 is 69.5 Å². The number of nitrogens with zero attached hydrogens (tertiary/aromatic N) is 2. The summed E-state index contributed by atoms with van der Waals surface area (Å²) in [5, 5.41) is 25.0. The van der Waals surface area contributed by atoms with Crippen LogP contribution in [0, 0.1) is 0 Å². The SMILES string of the molecule is O=C(CCCC[C@@H]1SCC2C[SH]1NS(=O)N2)NCCCC(=O)NCCCC(=O)NCCCC(=O)NCCCCCC(=O)N[C@@H](C(=O)N1CCCC1)[C@@H](O)c1ccncc1. The van der Waals surface area contributed by atoms with E-state index in [9.17, 15) is 38.1 Å². The number of rotatable bonds is 27. The molecular weight excluding hydrogens is 819 g/mol. The number of carbonyl (C=O) groups excluding carboxylic acids is 6. The summed E-state index contributed by atoms with van der Waals surface area (Å²) in [6, 6.07) is 2.52. The minimum Gasteiger partial charge on any atom is -0.386 e. The number of amides is 6. The van der Waals surface area contributed by atoms with Crippen molar-refractivity contribution in [3.8, 4) is 0 Å². The molecular formula is C39H65N9O8S3. The molecule has 3 aliphatic rings. The maximum atomic E-state index is 13.1. The number of hydrogen-bond donors (Lipinski definition) is 9. The van der Waals surface area contributed by atoms with Gasteiger partial charge in [0, 0.05) is 106 Å². The third-order valence-electron chi connectivity index (χ3n) is 10.3. The van der Waals surface area contributed by atoms with Crippen molar-refractivity contribution in [2.24, 2.45) is 0 Å². The Morgan fingerprint density at radius 1 is 0.763 bits per heavy atom. The Hall–Kier alpha value is -3.30. The van der Waals surface area contributed by atoms with Crippen LogP contribution in [0.3, 0.4) is 0 Å².